The van der Waals surface area contributed by atoms with Gasteiger partial charge in [0.15, 0.2) is 6.10 Å². The average Bonchev–Trinajstić information content (AvgIpc) is 3.59. The highest BCUT2D eigenvalue weighted by Crippen LogP contribution is 2.31. The molecule has 0 bridgehead atoms. The second-order valence-corrected chi connectivity index (χ2v) is 15.7. The van der Waals surface area contributed by atoms with Gasteiger partial charge in [-0.05, 0) is 75.9 Å². The Hall–Kier alpha value is -4.04. The van der Waals surface area contributed by atoms with E-state index >= 15 is 0 Å². The van der Waals surface area contributed by atoms with E-state index in [0.717, 1.165) is 31.4 Å². The Labute approximate surface area is 319 Å². The van der Waals surface area contributed by atoms with E-state index in [2.05, 4.69) is 20.5 Å². The van der Waals surface area contributed by atoms with Gasteiger partial charge in [0.2, 0.25) is 11.8 Å². The molecule has 1 aromatic carbocycles. The second kappa shape index (κ2) is 22.2. The number of likely N-dealkylation sites (N-methyl/N-ethyl adjacent to an activating group) is 1. The fourth-order valence-corrected chi connectivity index (χ4v) is 7.00. The lowest BCUT2D eigenvalue weighted by molar-refractivity contribution is -0.149. The molecular weight excluding hydrogens is 697 g/mol. The lowest BCUT2D eigenvalue weighted by atomic mass is 9.93. The number of nitrogens with zero attached hydrogens (tertiary/aromatic N) is 3. The maximum absolute atomic E-state index is 14.1. The lowest BCUT2D eigenvalue weighted by Gasteiger charge is -2.37. The standard InChI is InChI=1S/C39H62N6O7S/c1-10-25(4)35(43-34(47)14-12-11-13-19-44(7)8)38(49)45(9)32(24(2)3)22-33(52-27(6)46)37-42-31(23-53-37)36(48)41-30(20-26(5)39(50)51)21-28-15-17-29(40)18-16-28/h15-18,23-26,30,32-33,35H,10-14,19-22,40H2,1-9H3,(H,41,48)(H,43,47)(H,50,51)/t25-,26-,30+,32+,33+,35-/m0/s1. The van der Waals surface area contributed by atoms with Gasteiger partial charge in [0, 0.05) is 50.0 Å². The summed E-state index contributed by atoms with van der Waals surface area (Å²) in [5.74, 6) is -3.22. The average molecular weight is 759 g/mol. The SMILES string of the molecule is CC[C@H](C)[C@H](NC(=O)CCCCCN(C)C)C(=O)N(C)[C@H](C[C@@H](OC(C)=O)c1nc(C(=O)N[C@@H](Cc2ccc(N)cc2)C[C@H](C)C(=O)O)cs1)C(C)C. The van der Waals surface area contributed by atoms with Crippen LogP contribution in [-0.4, -0.2) is 95.4 Å². The van der Waals surface area contributed by atoms with Gasteiger partial charge in [0.05, 0.1) is 5.92 Å². The van der Waals surface area contributed by atoms with Crippen molar-refractivity contribution in [3.63, 3.8) is 0 Å². The molecule has 0 saturated heterocycles. The molecule has 0 radical (unpaired) electrons. The molecule has 296 valence electrons. The van der Waals surface area contributed by atoms with Crippen LogP contribution in [0.1, 0.15) is 114 Å². The summed E-state index contributed by atoms with van der Waals surface area (Å²) in [5.41, 5.74) is 7.42. The first-order valence-electron chi connectivity index (χ1n) is 18.6. The van der Waals surface area contributed by atoms with Crippen molar-refractivity contribution in [2.75, 3.05) is 33.4 Å². The van der Waals surface area contributed by atoms with Gasteiger partial charge < -0.3 is 36.0 Å². The first-order chi connectivity index (χ1) is 24.9. The summed E-state index contributed by atoms with van der Waals surface area (Å²) >= 11 is 1.17. The Bertz CT molecular complexity index is 1480. The highest BCUT2D eigenvalue weighted by atomic mass is 32.1. The predicted octanol–water partition coefficient (Wildman–Crippen LogP) is 5.31. The van der Waals surface area contributed by atoms with E-state index < -0.39 is 48.0 Å². The van der Waals surface area contributed by atoms with Crippen LogP contribution in [0.2, 0.25) is 0 Å². The minimum absolute atomic E-state index is 0.0555. The number of rotatable bonds is 23. The molecule has 2 aromatic rings. The molecule has 0 aliphatic heterocycles. The van der Waals surface area contributed by atoms with E-state index in [0.29, 0.717) is 30.0 Å². The number of nitrogens with one attached hydrogen (secondary N) is 2. The van der Waals surface area contributed by atoms with Crippen molar-refractivity contribution >= 4 is 46.7 Å². The van der Waals surface area contributed by atoms with Crippen LogP contribution in [0.4, 0.5) is 5.69 Å². The molecule has 3 amide bonds. The maximum Gasteiger partial charge on any atom is 0.306 e. The smallest absolute Gasteiger partial charge is 0.306 e. The first kappa shape index (κ1) is 45.1. The summed E-state index contributed by atoms with van der Waals surface area (Å²) in [6.45, 7) is 11.7. The quantitative estimate of drug-likeness (QED) is 0.0658. The fraction of sp³-hybridized carbons (Fsp3) is 0.641. The molecule has 0 fully saturated rings. The summed E-state index contributed by atoms with van der Waals surface area (Å²) in [5, 5.41) is 17.5. The molecule has 13 nitrogen and oxygen atoms in total. The van der Waals surface area contributed by atoms with Crippen molar-refractivity contribution in [2.24, 2.45) is 17.8 Å². The molecule has 6 atom stereocenters. The molecule has 5 N–H and O–H groups in total. The molecule has 0 unspecified atom stereocenters. The zero-order valence-corrected chi connectivity index (χ0v) is 33.8. The van der Waals surface area contributed by atoms with Gasteiger partial charge in [0.1, 0.15) is 16.7 Å². The number of hydrogen-bond acceptors (Lipinski definition) is 10. The first-order valence-corrected chi connectivity index (χ1v) is 19.5. The van der Waals surface area contributed by atoms with Gasteiger partial charge in [0.25, 0.3) is 5.91 Å². The minimum atomic E-state index is -0.964. The molecule has 0 spiro atoms. The van der Waals surface area contributed by atoms with Gasteiger partial charge in [-0.2, -0.15) is 0 Å². The maximum atomic E-state index is 14.1. The Kier molecular flexibility index (Phi) is 18.9. The molecule has 53 heavy (non-hydrogen) atoms. The number of thiazole rings is 1. The molecule has 14 heteroatoms. The van der Waals surface area contributed by atoms with Gasteiger partial charge in [-0.1, -0.05) is 59.6 Å². The van der Waals surface area contributed by atoms with E-state index in [4.69, 9.17) is 10.5 Å². The van der Waals surface area contributed by atoms with E-state index in [-0.39, 0.29) is 42.2 Å². The van der Waals surface area contributed by atoms with E-state index in [1.807, 2.05) is 53.9 Å². The number of amides is 3. The van der Waals surface area contributed by atoms with Gasteiger partial charge in [-0.25, -0.2) is 4.98 Å². The molecule has 0 aliphatic carbocycles. The molecule has 0 saturated carbocycles. The highest BCUT2D eigenvalue weighted by molar-refractivity contribution is 7.09. The molecule has 0 aliphatic rings. The van der Waals surface area contributed by atoms with E-state index in [1.54, 1.807) is 36.4 Å². The van der Waals surface area contributed by atoms with E-state index in [1.165, 1.54) is 18.3 Å². The van der Waals surface area contributed by atoms with Crippen molar-refractivity contribution in [2.45, 2.75) is 117 Å². The predicted molar refractivity (Wildman–Crippen MR) is 208 cm³/mol. The second-order valence-electron chi connectivity index (χ2n) is 14.8. The fourth-order valence-electron chi connectivity index (χ4n) is 6.16. The number of hydrogen-bond donors (Lipinski definition) is 4. The number of carboxylic acid groups (broad SMARTS) is 1. The van der Waals surface area contributed by atoms with Crippen LogP contribution >= 0.6 is 11.3 Å². The molecular formula is C39H62N6O7S. The Morgan fingerprint density at radius 2 is 1.62 bits per heavy atom. The van der Waals surface area contributed by atoms with Crippen LogP contribution in [0.25, 0.3) is 0 Å². The van der Waals surface area contributed by atoms with Crippen LogP contribution in [0, 0.1) is 17.8 Å². The van der Waals surface area contributed by atoms with Crippen molar-refractivity contribution < 1.29 is 33.8 Å². The number of aliphatic carboxylic acids is 1. The third-order valence-electron chi connectivity index (χ3n) is 9.57. The number of esters is 1. The monoisotopic (exact) mass is 758 g/mol. The number of carboxylic acids is 1. The van der Waals surface area contributed by atoms with Crippen molar-refractivity contribution in [3.05, 3.63) is 45.9 Å². The largest absolute Gasteiger partial charge is 0.481 e. The van der Waals surface area contributed by atoms with Gasteiger partial charge in [-0.15, -0.1) is 11.3 Å². The highest BCUT2D eigenvalue weighted by Gasteiger charge is 2.35. The molecule has 1 heterocycles. The lowest BCUT2D eigenvalue weighted by Crippen LogP contribution is -2.54. The van der Waals surface area contributed by atoms with Gasteiger partial charge in [-0.3, -0.25) is 24.0 Å². The normalized spacial score (nSPS) is 14.8. The van der Waals surface area contributed by atoms with Crippen molar-refractivity contribution in [1.82, 2.24) is 25.4 Å². The number of unbranched alkanes of at least 4 members (excludes halogenated alkanes) is 2. The number of carbonyl (C=O) groups excluding carboxylic acids is 4. The number of ether oxygens (including phenoxy) is 1. The summed E-state index contributed by atoms with van der Waals surface area (Å²) in [6.07, 6.45) is 3.67. The summed E-state index contributed by atoms with van der Waals surface area (Å²) in [6, 6.07) is 5.57. The van der Waals surface area contributed by atoms with Crippen LogP contribution in [0.5, 0.6) is 0 Å². The topological polar surface area (TPSA) is 184 Å². The third kappa shape index (κ3) is 15.5. The zero-order chi connectivity index (χ0) is 39.8. The van der Waals surface area contributed by atoms with Crippen LogP contribution in [0.15, 0.2) is 29.6 Å². The molecule has 2 rings (SSSR count). The number of nitrogen functional groups attached to an aromatic ring is 1. The number of benzene rings is 1. The number of anilines is 1. The van der Waals surface area contributed by atoms with Crippen LogP contribution < -0.4 is 16.4 Å². The Morgan fingerprint density at radius 3 is 2.19 bits per heavy atom. The van der Waals surface area contributed by atoms with Gasteiger partial charge >= 0.3 is 11.9 Å². The number of nitrogens with two attached hydrogens (primary N) is 1. The summed E-state index contributed by atoms with van der Waals surface area (Å²) < 4.78 is 5.75. The zero-order valence-electron chi connectivity index (χ0n) is 33.0. The van der Waals surface area contributed by atoms with Crippen molar-refractivity contribution in [3.8, 4) is 0 Å². The van der Waals surface area contributed by atoms with Crippen molar-refractivity contribution in [1.29, 1.82) is 0 Å². The van der Waals surface area contributed by atoms with Crippen LogP contribution in [-0.2, 0) is 30.3 Å². The Balaban J connectivity index is 2.25. The number of aromatic nitrogens is 1. The van der Waals surface area contributed by atoms with Crippen LogP contribution in [0.3, 0.4) is 0 Å². The summed E-state index contributed by atoms with van der Waals surface area (Å²) in [4.78, 5) is 72.8. The minimum Gasteiger partial charge on any atom is -0.481 e. The Morgan fingerprint density at radius 1 is 0.962 bits per heavy atom. The molecule has 1 aromatic heterocycles. The summed E-state index contributed by atoms with van der Waals surface area (Å²) in [7, 11) is 5.75. The van der Waals surface area contributed by atoms with E-state index in [9.17, 15) is 29.1 Å². The number of carbonyl (C=O) groups is 5. The third-order valence-corrected chi connectivity index (χ3v) is 10.5.